The molecule has 0 radical (unpaired) electrons. The van der Waals surface area contributed by atoms with Gasteiger partial charge in [-0.2, -0.15) is 12.6 Å². The standard InChI is InChI=1S/C21H21ClN4OS2/c1-10-12(3)29-21-18(10)19(14-5-7-15(22)8-6-14)23-16(9-17(27)11(2)28)20-25-24-13(4)26(20)21/h5-8,11,16,28H,9H2,1-4H3/t11?,16-/m0/s1. The van der Waals surface area contributed by atoms with Crippen LogP contribution in [0.1, 0.15) is 52.6 Å². The first kappa shape index (κ1) is 20.3. The maximum absolute atomic E-state index is 12.5. The summed E-state index contributed by atoms with van der Waals surface area (Å²) >= 11 is 12.1. The third kappa shape index (κ3) is 3.56. The minimum absolute atomic E-state index is 0.0305. The molecular formula is C21H21ClN4OS2. The van der Waals surface area contributed by atoms with E-state index in [1.54, 1.807) is 18.3 Å². The predicted molar refractivity (Wildman–Crippen MR) is 121 cm³/mol. The second kappa shape index (κ2) is 7.70. The topological polar surface area (TPSA) is 60.1 Å². The first-order valence-corrected chi connectivity index (χ1v) is 11.1. The van der Waals surface area contributed by atoms with Crippen LogP contribution in [0.2, 0.25) is 5.02 Å². The molecule has 1 unspecified atom stereocenters. The van der Waals surface area contributed by atoms with Crippen LogP contribution in [0.25, 0.3) is 5.00 Å². The molecule has 5 nitrogen and oxygen atoms in total. The molecule has 0 amide bonds. The lowest BCUT2D eigenvalue weighted by atomic mass is 9.99. The van der Waals surface area contributed by atoms with Crippen LogP contribution in [-0.4, -0.2) is 31.5 Å². The number of fused-ring (bicyclic) bond motifs is 3. The van der Waals surface area contributed by atoms with Gasteiger partial charge >= 0.3 is 0 Å². The average molecular weight is 445 g/mol. The molecule has 150 valence electrons. The molecule has 2 aromatic heterocycles. The highest BCUT2D eigenvalue weighted by Gasteiger charge is 2.32. The fourth-order valence-electron chi connectivity index (χ4n) is 3.49. The lowest BCUT2D eigenvalue weighted by molar-refractivity contribution is -0.118. The summed E-state index contributed by atoms with van der Waals surface area (Å²) in [6.07, 6.45) is 0.229. The van der Waals surface area contributed by atoms with E-state index in [0.29, 0.717) is 10.8 Å². The van der Waals surface area contributed by atoms with Crippen LogP contribution >= 0.6 is 35.6 Å². The lowest BCUT2D eigenvalue weighted by Crippen LogP contribution is -2.16. The van der Waals surface area contributed by atoms with Crippen molar-refractivity contribution in [3.8, 4) is 5.00 Å². The molecule has 0 bridgehead atoms. The molecule has 4 rings (SSSR count). The summed E-state index contributed by atoms with van der Waals surface area (Å²) in [6, 6.07) is 7.23. The fourth-order valence-corrected chi connectivity index (χ4v) is 4.94. The molecule has 0 spiro atoms. The van der Waals surface area contributed by atoms with Gasteiger partial charge in [0, 0.05) is 27.4 Å². The molecule has 0 fully saturated rings. The Morgan fingerprint density at radius 3 is 2.59 bits per heavy atom. The van der Waals surface area contributed by atoms with Crippen molar-refractivity contribution in [2.75, 3.05) is 0 Å². The van der Waals surface area contributed by atoms with Crippen LogP contribution in [0.15, 0.2) is 29.3 Å². The van der Waals surface area contributed by atoms with Gasteiger partial charge in [-0.15, -0.1) is 21.5 Å². The number of carbonyl (C=O) groups is 1. The number of carbonyl (C=O) groups excluding carboxylic acids is 1. The number of hydrogen-bond acceptors (Lipinski definition) is 6. The molecule has 2 atom stereocenters. The molecule has 8 heteroatoms. The van der Waals surface area contributed by atoms with Crippen molar-refractivity contribution >= 4 is 47.1 Å². The van der Waals surface area contributed by atoms with Gasteiger partial charge in [-0.3, -0.25) is 14.4 Å². The Kier molecular flexibility index (Phi) is 5.40. The molecule has 0 N–H and O–H groups in total. The highest BCUT2D eigenvalue weighted by atomic mass is 35.5. The van der Waals surface area contributed by atoms with E-state index in [0.717, 1.165) is 27.7 Å². The number of ketones is 1. The Morgan fingerprint density at radius 1 is 1.24 bits per heavy atom. The molecule has 0 aliphatic carbocycles. The Morgan fingerprint density at radius 2 is 1.93 bits per heavy atom. The number of nitrogens with zero attached hydrogens (tertiary/aromatic N) is 4. The summed E-state index contributed by atoms with van der Waals surface area (Å²) in [4.78, 5) is 18.8. The zero-order valence-electron chi connectivity index (χ0n) is 16.6. The molecular weight excluding hydrogens is 424 g/mol. The van der Waals surface area contributed by atoms with Gasteiger partial charge in [0.05, 0.1) is 11.0 Å². The van der Waals surface area contributed by atoms with Crippen molar-refractivity contribution in [1.29, 1.82) is 0 Å². The monoisotopic (exact) mass is 444 g/mol. The number of thiol groups is 1. The van der Waals surface area contributed by atoms with Gasteiger partial charge in [-0.25, -0.2) is 0 Å². The van der Waals surface area contributed by atoms with Gasteiger partial charge in [-0.05, 0) is 45.4 Å². The summed E-state index contributed by atoms with van der Waals surface area (Å²) in [7, 11) is 0. The smallest absolute Gasteiger partial charge is 0.163 e. The van der Waals surface area contributed by atoms with Crippen LogP contribution in [0.5, 0.6) is 0 Å². The highest BCUT2D eigenvalue weighted by molar-refractivity contribution is 7.81. The van der Waals surface area contributed by atoms with Crippen LogP contribution in [0.3, 0.4) is 0 Å². The summed E-state index contributed by atoms with van der Waals surface area (Å²) in [5, 5.41) is 10.1. The normalized spacial score (nSPS) is 16.6. The molecule has 1 aromatic carbocycles. The maximum atomic E-state index is 12.5. The third-order valence-corrected chi connectivity index (χ3v) is 6.95. The summed E-state index contributed by atoms with van der Waals surface area (Å²) in [6.45, 7) is 7.93. The van der Waals surface area contributed by atoms with E-state index < -0.39 is 6.04 Å². The molecule has 29 heavy (non-hydrogen) atoms. The Bertz CT molecular complexity index is 1130. The fraction of sp³-hybridized carbons (Fsp3) is 0.333. The van der Waals surface area contributed by atoms with Crippen LogP contribution < -0.4 is 0 Å². The average Bonchev–Trinajstić information content (AvgIpc) is 3.15. The number of benzene rings is 1. The van der Waals surface area contributed by atoms with E-state index in [1.165, 1.54) is 10.4 Å². The Balaban J connectivity index is 1.99. The van der Waals surface area contributed by atoms with E-state index >= 15 is 0 Å². The molecule has 0 saturated heterocycles. The quantitative estimate of drug-likeness (QED) is 0.571. The van der Waals surface area contributed by atoms with Crippen molar-refractivity contribution in [2.45, 2.75) is 45.4 Å². The molecule has 3 aromatic rings. The number of aliphatic imine (C=N–C) groups is 1. The molecule has 1 aliphatic heterocycles. The number of aromatic nitrogens is 3. The molecule has 3 heterocycles. The zero-order chi connectivity index (χ0) is 20.9. The number of rotatable bonds is 4. The van der Waals surface area contributed by atoms with E-state index in [4.69, 9.17) is 16.6 Å². The Labute approximate surface area is 184 Å². The third-order valence-electron chi connectivity index (χ3n) is 5.22. The number of halogens is 1. The van der Waals surface area contributed by atoms with E-state index in [9.17, 15) is 4.79 Å². The highest BCUT2D eigenvalue weighted by Crippen LogP contribution is 2.39. The van der Waals surface area contributed by atoms with Gasteiger partial charge in [0.1, 0.15) is 22.7 Å². The van der Waals surface area contributed by atoms with Crippen molar-refractivity contribution in [1.82, 2.24) is 14.8 Å². The molecule has 1 aliphatic rings. The SMILES string of the molecule is Cc1sc2c(c1C)C(c1ccc(Cl)cc1)=N[C@@H](CC(=O)C(C)S)c1nnc(C)n1-2. The van der Waals surface area contributed by atoms with Crippen LogP contribution in [0.4, 0.5) is 0 Å². The second-order valence-electron chi connectivity index (χ2n) is 7.25. The van der Waals surface area contributed by atoms with Gasteiger partial charge in [-0.1, -0.05) is 23.7 Å². The summed E-state index contributed by atoms with van der Waals surface area (Å²) in [5.74, 6) is 1.51. The Hall–Kier alpha value is -1.96. The predicted octanol–water partition coefficient (Wildman–Crippen LogP) is 5.08. The van der Waals surface area contributed by atoms with Crippen molar-refractivity contribution < 1.29 is 4.79 Å². The van der Waals surface area contributed by atoms with E-state index in [1.807, 2.05) is 35.8 Å². The minimum Gasteiger partial charge on any atom is -0.298 e. The lowest BCUT2D eigenvalue weighted by Gasteiger charge is -2.13. The van der Waals surface area contributed by atoms with E-state index in [2.05, 4.69) is 36.7 Å². The summed E-state index contributed by atoms with van der Waals surface area (Å²) < 4.78 is 2.05. The number of thiophene rings is 1. The van der Waals surface area contributed by atoms with Crippen molar-refractivity contribution in [3.05, 3.63) is 62.5 Å². The van der Waals surface area contributed by atoms with E-state index in [-0.39, 0.29) is 17.5 Å². The van der Waals surface area contributed by atoms with Crippen molar-refractivity contribution in [2.24, 2.45) is 4.99 Å². The second-order valence-corrected chi connectivity index (χ2v) is 9.67. The summed E-state index contributed by atoms with van der Waals surface area (Å²) in [5.41, 5.74) is 4.05. The number of Topliss-reactive ketones (excluding diaryl/α,β-unsaturated/α-hetero) is 1. The largest absolute Gasteiger partial charge is 0.298 e. The van der Waals surface area contributed by atoms with Gasteiger partial charge in [0.15, 0.2) is 5.82 Å². The number of aryl methyl sites for hydroxylation is 2. The van der Waals surface area contributed by atoms with Gasteiger partial charge in [0.25, 0.3) is 0 Å². The maximum Gasteiger partial charge on any atom is 0.163 e. The number of hydrogen-bond donors (Lipinski definition) is 1. The van der Waals surface area contributed by atoms with Crippen molar-refractivity contribution in [3.63, 3.8) is 0 Å². The van der Waals surface area contributed by atoms with Gasteiger partial charge < -0.3 is 0 Å². The first-order valence-electron chi connectivity index (χ1n) is 9.35. The zero-order valence-corrected chi connectivity index (χ0v) is 19.1. The van der Waals surface area contributed by atoms with Crippen LogP contribution in [0, 0.1) is 20.8 Å². The first-order chi connectivity index (χ1) is 13.8. The minimum atomic E-state index is -0.428. The van der Waals surface area contributed by atoms with Gasteiger partial charge in [0.2, 0.25) is 0 Å². The van der Waals surface area contributed by atoms with Crippen LogP contribution in [-0.2, 0) is 4.79 Å². The molecule has 0 saturated carbocycles.